The van der Waals surface area contributed by atoms with Crippen LogP contribution in [-0.2, 0) is 6.54 Å². The molecule has 3 aromatic rings. The first-order chi connectivity index (χ1) is 14.8. The monoisotopic (exact) mass is 408 g/mol. The summed E-state index contributed by atoms with van der Waals surface area (Å²) in [6.45, 7) is 8.21. The van der Waals surface area contributed by atoms with E-state index in [0.717, 1.165) is 74.9 Å². The van der Waals surface area contributed by atoms with Crippen molar-refractivity contribution in [1.82, 2.24) is 24.4 Å². The van der Waals surface area contributed by atoms with Crippen LogP contribution in [0.1, 0.15) is 32.6 Å². The number of rotatable bonds is 10. The van der Waals surface area contributed by atoms with E-state index in [9.17, 15) is 0 Å². The lowest BCUT2D eigenvalue weighted by Crippen LogP contribution is -2.36. The van der Waals surface area contributed by atoms with Gasteiger partial charge in [-0.25, -0.2) is 15.0 Å². The van der Waals surface area contributed by atoms with E-state index in [2.05, 4.69) is 36.7 Å². The van der Waals surface area contributed by atoms with Gasteiger partial charge in [-0.1, -0.05) is 25.1 Å². The number of piperidine rings is 1. The van der Waals surface area contributed by atoms with Crippen LogP contribution in [0.5, 0.6) is 5.75 Å². The standard InChI is InChI=1S/C23H32N6O/c1-2-11-24-22-21-23(26-17-25-22)29(18-27-21)13-6-12-28-14-9-19(10-15-28)16-30-20-7-4-3-5-8-20/h3-5,7-8,17-19H,2,6,9-16H2,1H3,(H,24,25,26). The van der Waals surface area contributed by atoms with Crippen molar-refractivity contribution in [2.45, 2.75) is 39.2 Å². The number of ether oxygens (including phenoxy) is 1. The Bertz CT molecular complexity index is 904. The number of nitrogens with zero attached hydrogens (tertiary/aromatic N) is 5. The van der Waals surface area contributed by atoms with Gasteiger partial charge in [0.1, 0.15) is 17.6 Å². The Morgan fingerprint density at radius 1 is 1.07 bits per heavy atom. The molecule has 160 valence electrons. The minimum Gasteiger partial charge on any atom is -0.493 e. The first-order valence-corrected chi connectivity index (χ1v) is 11.1. The fraction of sp³-hybridized carbons (Fsp3) is 0.522. The lowest BCUT2D eigenvalue weighted by atomic mass is 9.97. The zero-order valence-electron chi connectivity index (χ0n) is 17.8. The maximum Gasteiger partial charge on any atom is 0.165 e. The van der Waals surface area contributed by atoms with Gasteiger partial charge < -0.3 is 19.5 Å². The van der Waals surface area contributed by atoms with Crippen LogP contribution in [0.3, 0.4) is 0 Å². The molecule has 0 atom stereocenters. The zero-order valence-corrected chi connectivity index (χ0v) is 17.8. The van der Waals surface area contributed by atoms with Crippen LogP contribution in [-0.4, -0.2) is 57.2 Å². The molecular formula is C23H32N6O. The summed E-state index contributed by atoms with van der Waals surface area (Å²) in [6.07, 6.45) is 8.09. The molecule has 1 aliphatic rings. The maximum atomic E-state index is 5.94. The predicted octanol–water partition coefficient (Wildman–Crippen LogP) is 3.83. The molecule has 0 spiro atoms. The van der Waals surface area contributed by atoms with Gasteiger partial charge >= 0.3 is 0 Å². The van der Waals surface area contributed by atoms with Crippen molar-refractivity contribution in [2.75, 3.05) is 38.1 Å². The number of anilines is 1. The maximum absolute atomic E-state index is 5.94. The Morgan fingerprint density at radius 2 is 1.90 bits per heavy atom. The normalized spacial score (nSPS) is 15.5. The van der Waals surface area contributed by atoms with E-state index >= 15 is 0 Å². The summed E-state index contributed by atoms with van der Waals surface area (Å²) in [5.41, 5.74) is 1.78. The zero-order chi connectivity index (χ0) is 20.6. The number of aryl methyl sites for hydroxylation is 1. The first-order valence-electron chi connectivity index (χ1n) is 11.1. The number of imidazole rings is 1. The molecule has 1 fully saturated rings. The smallest absolute Gasteiger partial charge is 0.165 e. The molecule has 1 saturated heterocycles. The summed E-state index contributed by atoms with van der Waals surface area (Å²) in [7, 11) is 0. The van der Waals surface area contributed by atoms with Crippen molar-refractivity contribution in [3.8, 4) is 5.75 Å². The Balaban J connectivity index is 1.20. The van der Waals surface area contributed by atoms with E-state index in [1.165, 1.54) is 12.8 Å². The summed E-state index contributed by atoms with van der Waals surface area (Å²) >= 11 is 0. The molecule has 0 amide bonds. The van der Waals surface area contributed by atoms with Gasteiger partial charge in [-0.3, -0.25) is 0 Å². The van der Waals surface area contributed by atoms with Crippen LogP contribution >= 0.6 is 0 Å². The lowest BCUT2D eigenvalue weighted by molar-refractivity contribution is 0.139. The number of para-hydroxylation sites is 1. The predicted molar refractivity (Wildman–Crippen MR) is 120 cm³/mol. The molecule has 0 bridgehead atoms. The van der Waals surface area contributed by atoms with Gasteiger partial charge in [-0.2, -0.15) is 0 Å². The minimum absolute atomic E-state index is 0.657. The molecular weight excluding hydrogens is 376 g/mol. The second-order valence-electron chi connectivity index (χ2n) is 8.02. The van der Waals surface area contributed by atoms with E-state index in [4.69, 9.17) is 4.74 Å². The summed E-state index contributed by atoms with van der Waals surface area (Å²) in [5.74, 6) is 2.47. The van der Waals surface area contributed by atoms with E-state index in [-0.39, 0.29) is 0 Å². The quantitative estimate of drug-likeness (QED) is 0.550. The average Bonchev–Trinajstić information content (AvgIpc) is 3.21. The van der Waals surface area contributed by atoms with Crippen LogP contribution < -0.4 is 10.1 Å². The van der Waals surface area contributed by atoms with Crippen LogP contribution in [0.4, 0.5) is 5.82 Å². The summed E-state index contributed by atoms with van der Waals surface area (Å²) in [4.78, 5) is 15.9. The Morgan fingerprint density at radius 3 is 2.70 bits per heavy atom. The Labute approximate surface area is 178 Å². The average molecular weight is 409 g/mol. The van der Waals surface area contributed by atoms with Crippen molar-refractivity contribution in [1.29, 1.82) is 0 Å². The SMILES string of the molecule is CCCNc1ncnc2c1ncn2CCCN1CCC(COc2ccccc2)CC1. The van der Waals surface area contributed by atoms with Crippen molar-refractivity contribution < 1.29 is 4.74 Å². The van der Waals surface area contributed by atoms with Gasteiger partial charge in [-0.05, 0) is 63.4 Å². The molecule has 7 heteroatoms. The highest BCUT2D eigenvalue weighted by molar-refractivity contribution is 5.82. The number of aromatic nitrogens is 4. The molecule has 2 aromatic heterocycles. The summed E-state index contributed by atoms with van der Waals surface area (Å²) in [5, 5.41) is 3.34. The number of hydrogen-bond donors (Lipinski definition) is 1. The lowest BCUT2D eigenvalue weighted by Gasteiger charge is -2.31. The second-order valence-corrected chi connectivity index (χ2v) is 8.02. The van der Waals surface area contributed by atoms with Crippen LogP contribution in [0.15, 0.2) is 43.0 Å². The molecule has 0 aliphatic carbocycles. The van der Waals surface area contributed by atoms with Crippen LogP contribution in [0.25, 0.3) is 11.2 Å². The minimum atomic E-state index is 0.657. The van der Waals surface area contributed by atoms with Crippen molar-refractivity contribution in [2.24, 2.45) is 5.92 Å². The van der Waals surface area contributed by atoms with Gasteiger partial charge in [0.05, 0.1) is 12.9 Å². The van der Waals surface area contributed by atoms with Crippen LogP contribution in [0, 0.1) is 5.92 Å². The number of benzene rings is 1. The van der Waals surface area contributed by atoms with Gasteiger partial charge in [-0.15, -0.1) is 0 Å². The topological polar surface area (TPSA) is 68.1 Å². The van der Waals surface area contributed by atoms with Gasteiger partial charge in [0, 0.05) is 13.1 Å². The van der Waals surface area contributed by atoms with Gasteiger partial charge in [0.25, 0.3) is 0 Å². The van der Waals surface area contributed by atoms with Crippen molar-refractivity contribution >= 4 is 17.0 Å². The molecule has 0 saturated carbocycles. The molecule has 1 N–H and O–H groups in total. The first kappa shape index (κ1) is 20.6. The number of nitrogens with one attached hydrogen (secondary N) is 1. The van der Waals surface area contributed by atoms with Crippen molar-refractivity contribution in [3.63, 3.8) is 0 Å². The summed E-state index contributed by atoms with van der Waals surface area (Å²) in [6, 6.07) is 10.1. The largest absolute Gasteiger partial charge is 0.493 e. The number of likely N-dealkylation sites (tertiary alicyclic amines) is 1. The number of hydrogen-bond acceptors (Lipinski definition) is 6. The van der Waals surface area contributed by atoms with Crippen molar-refractivity contribution in [3.05, 3.63) is 43.0 Å². The summed E-state index contributed by atoms with van der Waals surface area (Å²) < 4.78 is 8.09. The Kier molecular flexibility index (Phi) is 7.13. The molecule has 0 unspecified atom stereocenters. The number of fused-ring (bicyclic) bond motifs is 1. The van der Waals surface area contributed by atoms with Crippen LogP contribution in [0.2, 0.25) is 0 Å². The van der Waals surface area contributed by atoms with E-state index in [1.54, 1.807) is 6.33 Å². The third kappa shape index (κ3) is 5.27. The van der Waals surface area contributed by atoms with E-state index in [1.807, 2.05) is 36.7 Å². The fourth-order valence-electron chi connectivity index (χ4n) is 3.99. The third-order valence-corrected chi connectivity index (χ3v) is 5.75. The highest BCUT2D eigenvalue weighted by Gasteiger charge is 2.19. The highest BCUT2D eigenvalue weighted by Crippen LogP contribution is 2.20. The third-order valence-electron chi connectivity index (χ3n) is 5.75. The molecule has 7 nitrogen and oxygen atoms in total. The second kappa shape index (κ2) is 10.4. The fourth-order valence-corrected chi connectivity index (χ4v) is 3.99. The molecule has 4 rings (SSSR count). The van der Waals surface area contributed by atoms with Gasteiger partial charge in [0.15, 0.2) is 11.5 Å². The highest BCUT2D eigenvalue weighted by atomic mass is 16.5. The molecule has 0 radical (unpaired) electrons. The molecule has 3 heterocycles. The van der Waals surface area contributed by atoms with Gasteiger partial charge in [0.2, 0.25) is 0 Å². The van der Waals surface area contributed by atoms with E-state index < -0.39 is 0 Å². The molecule has 1 aromatic carbocycles. The Hall–Kier alpha value is -2.67. The van der Waals surface area contributed by atoms with E-state index in [0.29, 0.717) is 5.92 Å². The molecule has 30 heavy (non-hydrogen) atoms. The molecule has 1 aliphatic heterocycles.